The predicted molar refractivity (Wildman–Crippen MR) is 76.8 cm³/mol. The summed E-state index contributed by atoms with van der Waals surface area (Å²) < 4.78 is 13.6. The molecule has 0 saturated heterocycles. The molecule has 0 amide bonds. The first-order chi connectivity index (χ1) is 9.15. The second kappa shape index (κ2) is 4.63. The molecule has 2 nitrogen and oxygen atoms in total. The van der Waals surface area contributed by atoms with E-state index in [2.05, 4.69) is 9.97 Å². The van der Waals surface area contributed by atoms with Crippen LogP contribution in [0.2, 0.25) is 0 Å². The van der Waals surface area contributed by atoms with Crippen LogP contribution in [-0.2, 0) is 0 Å². The van der Waals surface area contributed by atoms with E-state index in [0.29, 0.717) is 11.1 Å². The van der Waals surface area contributed by atoms with Crippen molar-refractivity contribution in [3.8, 4) is 22.0 Å². The first-order valence-electron chi connectivity index (χ1n) is 6.01. The van der Waals surface area contributed by atoms with Crippen molar-refractivity contribution >= 4 is 11.3 Å². The lowest BCUT2D eigenvalue weighted by Gasteiger charge is -2.04. The zero-order chi connectivity index (χ0) is 13.4. The summed E-state index contributed by atoms with van der Waals surface area (Å²) in [6, 6.07) is 7.62. The summed E-state index contributed by atoms with van der Waals surface area (Å²) in [6.45, 7) is 3.56. The van der Waals surface area contributed by atoms with Gasteiger partial charge in [-0.05, 0) is 49.2 Å². The molecule has 0 spiro atoms. The van der Waals surface area contributed by atoms with Crippen molar-refractivity contribution in [3.05, 3.63) is 52.8 Å². The van der Waals surface area contributed by atoms with Gasteiger partial charge in [-0.2, -0.15) is 0 Å². The number of nitrogens with zero attached hydrogens (tertiary/aromatic N) is 1. The molecule has 0 aliphatic rings. The number of rotatable bonds is 2. The fourth-order valence-corrected chi connectivity index (χ4v) is 2.90. The Balaban J connectivity index is 2.04. The van der Waals surface area contributed by atoms with Crippen LogP contribution in [0.4, 0.5) is 4.39 Å². The molecule has 3 aromatic rings. The van der Waals surface area contributed by atoms with Crippen molar-refractivity contribution in [1.82, 2.24) is 9.97 Å². The number of aromatic amines is 1. The Morgan fingerprint density at radius 2 is 1.95 bits per heavy atom. The summed E-state index contributed by atoms with van der Waals surface area (Å²) in [4.78, 5) is 7.74. The zero-order valence-corrected chi connectivity index (χ0v) is 11.5. The Morgan fingerprint density at radius 1 is 1.21 bits per heavy atom. The average molecular weight is 272 g/mol. The number of H-pyrrole nitrogens is 1. The molecule has 0 saturated carbocycles. The van der Waals surface area contributed by atoms with E-state index in [0.717, 1.165) is 22.0 Å². The second-order valence-electron chi connectivity index (χ2n) is 4.55. The number of thiazole rings is 1. The maximum atomic E-state index is 13.6. The summed E-state index contributed by atoms with van der Waals surface area (Å²) in [7, 11) is 0. The van der Waals surface area contributed by atoms with Gasteiger partial charge in [0.1, 0.15) is 10.8 Å². The van der Waals surface area contributed by atoms with E-state index in [9.17, 15) is 4.39 Å². The van der Waals surface area contributed by atoms with Crippen LogP contribution in [-0.4, -0.2) is 9.97 Å². The minimum absolute atomic E-state index is 0.136. The van der Waals surface area contributed by atoms with Crippen LogP contribution in [0.1, 0.15) is 11.1 Å². The van der Waals surface area contributed by atoms with Gasteiger partial charge in [-0.3, -0.25) is 0 Å². The van der Waals surface area contributed by atoms with Crippen LogP contribution < -0.4 is 0 Å². The van der Waals surface area contributed by atoms with Gasteiger partial charge in [0.15, 0.2) is 0 Å². The van der Waals surface area contributed by atoms with Crippen molar-refractivity contribution in [1.29, 1.82) is 0 Å². The van der Waals surface area contributed by atoms with Gasteiger partial charge in [-0.15, -0.1) is 11.3 Å². The molecule has 0 atom stereocenters. The van der Waals surface area contributed by atoms with Crippen LogP contribution in [0.5, 0.6) is 0 Å². The molecule has 0 unspecified atom stereocenters. The first kappa shape index (κ1) is 12.1. The van der Waals surface area contributed by atoms with E-state index in [1.165, 1.54) is 0 Å². The Kier molecular flexibility index (Phi) is 2.95. The Morgan fingerprint density at radius 3 is 2.58 bits per heavy atom. The molecule has 0 fully saturated rings. The molecule has 96 valence electrons. The van der Waals surface area contributed by atoms with Gasteiger partial charge in [-0.25, -0.2) is 9.37 Å². The maximum Gasteiger partial charge on any atom is 0.140 e. The summed E-state index contributed by atoms with van der Waals surface area (Å²) >= 11 is 1.58. The normalized spacial score (nSPS) is 10.9. The number of hydrogen-bond acceptors (Lipinski definition) is 2. The number of halogens is 1. The van der Waals surface area contributed by atoms with Crippen LogP contribution in [0.25, 0.3) is 22.0 Å². The molecule has 1 aromatic carbocycles. The molecular weight excluding hydrogens is 259 g/mol. The lowest BCUT2D eigenvalue weighted by molar-refractivity contribution is 0.609. The number of nitrogens with one attached hydrogen (secondary N) is 1. The number of aryl methyl sites for hydroxylation is 2. The Hall–Kier alpha value is -1.94. The standard InChI is InChI=1S/C15H13FN2S/c1-9-6-11(7-10(2)14(9)16)13-8-19-15(18-13)12-4-3-5-17-12/h3-8,17H,1-2H3. The molecule has 0 aliphatic heterocycles. The van der Waals surface area contributed by atoms with Crippen LogP contribution in [0.3, 0.4) is 0 Å². The highest BCUT2D eigenvalue weighted by Crippen LogP contribution is 2.29. The minimum Gasteiger partial charge on any atom is -0.359 e. The molecule has 2 aromatic heterocycles. The quantitative estimate of drug-likeness (QED) is 0.727. The van der Waals surface area contributed by atoms with Crippen molar-refractivity contribution in [2.24, 2.45) is 0 Å². The second-order valence-corrected chi connectivity index (χ2v) is 5.40. The molecule has 2 heterocycles. The van der Waals surface area contributed by atoms with Gasteiger partial charge in [0.25, 0.3) is 0 Å². The predicted octanol–water partition coefficient (Wildman–Crippen LogP) is 4.56. The lowest BCUT2D eigenvalue weighted by Crippen LogP contribution is -1.90. The van der Waals surface area contributed by atoms with Gasteiger partial charge in [0.05, 0.1) is 11.4 Å². The van der Waals surface area contributed by atoms with Crippen molar-refractivity contribution in [3.63, 3.8) is 0 Å². The first-order valence-corrected chi connectivity index (χ1v) is 6.89. The van der Waals surface area contributed by atoms with Crippen molar-refractivity contribution in [2.45, 2.75) is 13.8 Å². The molecule has 0 aliphatic carbocycles. The molecule has 0 bridgehead atoms. The lowest BCUT2D eigenvalue weighted by atomic mass is 10.0. The Labute approximate surface area is 115 Å². The van der Waals surface area contributed by atoms with Gasteiger partial charge in [0, 0.05) is 17.1 Å². The highest BCUT2D eigenvalue weighted by molar-refractivity contribution is 7.13. The average Bonchev–Trinajstić information content (AvgIpc) is 3.05. The van der Waals surface area contributed by atoms with E-state index in [4.69, 9.17) is 0 Å². The van der Waals surface area contributed by atoms with Crippen LogP contribution >= 0.6 is 11.3 Å². The molecule has 3 rings (SSSR count). The largest absolute Gasteiger partial charge is 0.359 e. The topological polar surface area (TPSA) is 28.7 Å². The number of benzene rings is 1. The van der Waals surface area contributed by atoms with E-state index in [-0.39, 0.29) is 5.82 Å². The highest BCUT2D eigenvalue weighted by Gasteiger charge is 2.10. The Bertz CT molecular complexity index is 691. The SMILES string of the molecule is Cc1cc(-c2csc(-c3ccc[nH]3)n2)cc(C)c1F. The maximum absolute atomic E-state index is 13.6. The third-order valence-electron chi connectivity index (χ3n) is 3.06. The van der Waals surface area contributed by atoms with Crippen molar-refractivity contribution < 1.29 is 4.39 Å². The monoisotopic (exact) mass is 272 g/mol. The van der Waals surface area contributed by atoms with E-state index < -0.39 is 0 Å². The molecule has 0 radical (unpaired) electrons. The van der Waals surface area contributed by atoms with Crippen LogP contribution in [0, 0.1) is 19.7 Å². The number of aromatic nitrogens is 2. The fourth-order valence-electron chi connectivity index (χ4n) is 2.09. The summed E-state index contributed by atoms with van der Waals surface area (Å²) in [5, 5.41) is 2.95. The van der Waals surface area contributed by atoms with Gasteiger partial charge in [-0.1, -0.05) is 0 Å². The third-order valence-corrected chi connectivity index (χ3v) is 3.94. The molecular formula is C15H13FN2S. The molecule has 4 heteroatoms. The van der Waals surface area contributed by atoms with Gasteiger partial charge in [0.2, 0.25) is 0 Å². The highest BCUT2D eigenvalue weighted by atomic mass is 32.1. The van der Waals surface area contributed by atoms with Crippen LogP contribution in [0.15, 0.2) is 35.8 Å². The summed E-state index contributed by atoms with van der Waals surface area (Å²) in [5.74, 6) is -0.136. The smallest absolute Gasteiger partial charge is 0.140 e. The molecule has 1 N–H and O–H groups in total. The van der Waals surface area contributed by atoms with Gasteiger partial charge < -0.3 is 4.98 Å². The third kappa shape index (κ3) is 2.19. The zero-order valence-electron chi connectivity index (χ0n) is 10.7. The summed E-state index contributed by atoms with van der Waals surface area (Å²) in [5.41, 5.74) is 4.17. The van der Waals surface area contributed by atoms with E-state index in [1.807, 2.05) is 35.8 Å². The molecule has 19 heavy (non-hydrogen) atoms. The minimum atomic E-state index is -0.136. The fraction of sp³-hybridized carbons (Fsp3) is 0.133. The van der Waals surface area contributed by atoms with Gasteiger partial charge >= 0.3 is 0 Å². The van der Waals surface area contributed by atoms with E-state index >= 15 is 0 Å². The van der Waals surface area contributed by atoms with E-state index in [1.54, 1.807) is 25.2 Å². The number of hydrogen-bond donors (Lipinski definition) is 1. The summed E-state index contributed by atoms with van der Waals surface area (Å²) in [6.07, 6.45) is 1.88. The van der Waals surface area contributed by atoms with Crippen molar-refractivity contribution in [2.75, 3.05) is 0 Å².